The minimum Gasteiger partial charge on any atom is -0.293 e. The highest BCUT2D eigenvalue weighted by molar-refractivity contribution is 5.03. The van der Waals surface area contributed by atoms with Gasteiger partial charge in [-0.2, -0.15) is 0 Å². The van der Waals surface area contributed by atoms with E-state index in [4.69, 9.17) is 0 Å². The topological polar surface area (TPSA) is 3.24 Å². The average molecular weight is 153 g/mol. The minimum atomic E-state index is 0.496. The smallest absolute Gasteiger partial charge is 0.0601 e. The molecule has 1 heteroatoms. The molecule has 0 N–H and O–H groups in total. The van der Waals surface area contributed by atoms with E-state index in [1.165, 1.54) is 0 Å². The fraction of sp³-hybridized carbons (Fsp3) is 0.800. The van der Waals surface area contributed by atoms with Crippen molar-refractivity contribution in [3.63, 3.8) is 0 Å². The molecule has 0 heterocycles. The molecule has 0 saturated heterocycles. The summed E-state index contributed by atoms with van der Waals surface area (Å²) in [6.07, 6.45) is 0. The maximum Gasteiger partial charge on any atom is 0.0601 e. The number of hydrogen-bond donors (Lipinski definition) is 0. The first-order valence-corrected chi connectivity index (χ1v) is 4.22. The summed E-state index contributed by atoms with van der Waals surface area (Å²) in [7, 11) is 2.10. The van der Waals surface area contributed by atoms with Crippen LogP contribution in [-0.4, -0.2) is 24.5 Å². The molecule has 1 nitrogen and oxygen atoms in total. The first kappa shape index (κ1) is 10.5. The predicted octanol–water partition coefficient (Wildman–Crippen LogP) is 1.99. The van der Waals surface area contributed by atoms with Gasteiger partial charge < -0.3 is 0 Å². The van der Waals surface area contributed by atoms with Crippen LogP contribution in [0, 0.1) is 17.8 Å². The van der Waals surface area contributed by atoms with E-state index >= 15 is 0 Å². The molecule has 64 valence electrons. The van der Waals surface area contributed by atoms with Crippen molar-refractivity contribution in [1.29, 1.82) is 0 Å². The Kier molecular flexibility index (Phi) is 4.98. The summed E-state index contributed by atoms with van der Waals surface area (Å²) in [5.41, 5.74) is 0. The minimum absolute atomic E-state index is 0.496. The fourth-order valence-corrected chi connectivity index (χ4v) is 0.557. The summed E-state index contributed by atoms with van der Waals surface area (Å²) in [6.45, 7) is 9.47. The van der Waals surface area contributed by atoms with Gasteiger partial charge in [-0.15, -0.1) is 0 Å². The van der Waals surface area contributed by atoms with Crippen LogP contribution in [0.25, 0.3) is 0 Å². The Hall–Kier alpha value is -0.480. The zero-order valence-electron chi connectivity index (χ0n) is 8.31. The summed E-state index contributed by atoms with van der Waals surface area (Å²) in [4.78, 5) is 2.23. The summed E-state index contributed by atoms with van der Waals surface area (Å²) >= 11 is 0. The van der Waals surface area contributed by atoms with E-state index in [1.54, 1.807) is 0 Å². The van der Waals surface area contributed by atoms with E-state index in [9.17, 15) is 0 Å². The van der Waals surface area contributed by atoms with Crippen LogP contribution >= 0.6 is 0 Å². The van der Waals surface area contributed by atoms with Gasteiger partial charge >= 0.3 is 0 Å². The fourth-order valence-electron chi connectivity index (χ4n) is 0.557. The molecule has 0 bridgehead atoms. The van der Waals surface area contributed by atoms with Crippen LogP contribution in [0.2, 0.25) is 0 Å². The van der Waals surface area contributed by atoms with Crippen LogP contribution in [0.5, 0.6) is 0 Å². The third-order valence-electron chi connectivity index (χ3n) is 1.60. The summed E-state index contributed by atoms with van der Waals surface area (Å²) in [6, 6.07) is 0.594. The molecule has 0 saturated carbocycles. The van der Waals surface area contributed by atoms with Gasteiger partial charge in [0.15, 0.2) is 0 Å². The van der Waals surface area contributed by atoms with E-state index in [2.05, 4.69) is 51.5 Å². The first-order chi connectivity index (χ1) is 5.04. The van der Waals surface area contributed by atoms with Gasteiger partial charge in [0.05, 0.1) is 6.54 Å². The molecule has 0 aliphatic heterocycles. The Morgan fingerprint density at radius 1 is 1.18 bits per heavy atom. The molecule has 0 aromatic heterocycles. The maximum atomic E-state index is 3.14. The van der Waals surface area contributed by atoms with Crippen molar-refractivity contribution in [3.05, 3.63) is 0 Å². The molecular weight excluding hydrogens is 134 g/mol. The van der Waals surface area contributed by atoms with Gasteiger partial charge in [0.1, 0.15) is 0 Å². The highest BCUT2D eigenvalue weighted by Crippen LogP contribution is 1.91. The molecule has 0 atom stereocenters. The Morgan fingerprint density at radius 2 is 1.73 bits per heavy atom. The molecule has 0 rings (SSSR count). The van der Waals surface area contributed by atoms with Gasteiger partial charge in [-0.1, -0.05) is 25.7 Å². The van der Waals surface area contributed by atoms with Crippen LogP contribution in [0.15, 0.2) is 0 Å². The van der Waals surface area contributed by atoms with Crippen LogP contribution in [0.3, 0.4) is 0 Å². The molecule has 0 unspecified atom stereocenters. The largest absolute Gasteiger partial charge is 0.293 e. The Morgan fingerprint density at radius 3 is 2.09 bits per heavy atom. The average Bonchev–Trinajstić information content (AvgIpc) is 1.86. The van der Waals surface area contributed by atoms with Gasteiger partial charge in [-0.3, -0.25) is 4.90 Å². The third-order valence-corrected chi connectivity index (χ3v) is 1.60. The highest BCUT2D eigenvalue weighted by Gasteiger charge is 1.98. The van der Waals surface area contributed by atoms with Gasteiger partial charge in [0.25, 0.3) is 0 Å². The van der Waals surface area contributed by atoms with Crippen molar-refractivity contribution in [3.8, 4) is 11.8 Å². The lowest BCUT2D eigenvalue weighted by Gasteiger charge is -2.17. The van der Waals surface area contributed by atoms with Crippen molar-refractivity contribution < 1.29 is 0 Å². The summed E-state index contributed by atoms with van der Waals surface area (Å²) in [5, 5.41) is 0. The first-order valence-electron chi connectivity index (χ1n) is 4.22. The van der Waals surface area contributed by atoms with Crippen LogP contribution in [0.4, 0.5) is 0 Å². The Bertz CT molecular complexity index is 148. The normalized spacial score (nSPS) is 10.5. The monoisotopic (exact) mass is 153 g/mol. The zero-order valence-corrected chi connectivity index (χ0v) is 8.31. The number of hydrogen-bond acceptors (Lipinski definition) is 1. The lowest BCUT2D eigenvalue weighted by atomic mass is 10.2. The van der Waals surface area contributed by atoms with Gasteiger partial charge in [-0.25, -0.2) is 0 Å². The van der Waals surface area contributed by atoms with Crippen LogP contribution in [-0.2, 0) is 0 Å². The standard InChI is InChI=1S/C10H19N/c1-9(2)7-6-8-11(5)10(3)4/h9-10H,8H2,1-5H3. The van der Waals surface area contributed by atoms with Crippen LogP contribution < -0.4 is 0 Å². The van der Waals surface area contributed by atoms with Gasteiger partial charge in [0, 0.05) is 12.0 Å². The molecule has 11 heavy (non-hydrogen) atoms. The predicted molar refractivity (Wildman–Crippen MR) is 50.4 cm³/mol. The van der Waals surface area contributed by atoms with E-state index in [1.807, 2.05) is 0 Å². The molecule has 0 fully saturated rings. The van der Waals surface area contributed by atoms with Gasteiger partial charge in [-0.05, 0) is 20.9 Å². The van der Waals surface area contributed by atoms with E-state index in [0.29, 0.717) is 12.0 Å². The number of rotatable bonds is 2. The molecule has 0 radical (unpaired) electrons. The molecule has 0 aliphatic rings. The summed E-state index contributed by atoms with van der Waals surface area (Å²) < 4.78 is 0. The quantitative estimate of drug-likeness (QED) is 0.548. The van der Waals surface area contributed by atoms with E-state index in [-0.39, 0.29) is 0 Å². The van der Waals surface area contributed by atoms with Crippen molar-refractivity contribution in [2.24, 2.45) is 5.92 Å². The Balaban J connectivity index is 3.63. The maximum absolute atomic E-state index is 3.14. The van der Waals surface area contributed by atoms with Crippen molar-refractivity contribution in [1.82, 2.24) is 4.90 Å². The molecular formula is C10H19N. The molecule has 0 aromatic carbocycles. The van der Waals surface area contributed by atoms with E-state index in [0.717, 1.165) is 6.54 Å². The number of nitrogens with zero attached hydrogens (tertiary/aromatic N) is 1. The van der Waals surface area contributed by atoms with Crippen LogP contribution in [0.1, 0.15) is 27.7 Å². The van der Waals surface area contributed by atoms with E-state index < -0.39 is 0 Å². The zero-order chi connectivity index (χ0) is 8.85. The van der Waals surface area contributed by atoms with Gasteiger partial charge in [0.2, 0.25) is 0 Å². The highest BCUT2D eigenvalue weighted by atomic mass is 15.1. The lowest BCUT2D eigenvalue weighted by molar-refractivity contribution is 0.307. The molecule has 0 spiro atoms. The molecule has 0 aromatic rings. The second kappa shape index (κ2) is 5.21. The second-order valence-corrected chi connectivity index (χ2v) is 3.48. The Labute approximate surface area is 70.8 Å². The SMILES string of the molecule is CC(C)C#CCN(C)C(C)C. The summed E-state index contributed by atoms with van der Waals surface area (Å²) in [5.74, 6) is 6.78. The third kappa shape index (κ3) is 5.94. The molecule has 0 aliphatic carbocycles. The van der Waals surface area contributed by atoms with Crippen molar-refractivity contribution >= 4 is 0 Å². The molecule has 0 amide bonds. The van der Waals surface area contributed by atoms with Crippen molar-refractivity contribution in [2.75, 3.05) is 13.6 Å². The lowest BCUT2D eigenvalue weighted by Crippen LogP contribution is -2.26. The van der Waals surface area contributed by atoms with Crippen molar-refractivity contribution in [2.45, 2.75) is 33.7 Å². The second-order valence-electron chi connectivity index (χ2n) is 3.48.